The number of carbonyl (C=O) groups is 4. The third-order valence-corrected chi connectivity index (χ3v) is 8.11. The highest BCUT2D eigenvalue weighted by Gasteiger charge is 2.46. The SMILES string of the molecule is CNC(=O)C1(N(C)C=O)Cc2ccc(NC(=O)CN3C(=O)CSC[C@H]3c3cc(F)cc(P)c3)cc2C1. The molecule has 3 atom stereocenters. The number of nitrogens with zero attached hydrogens (tertiary/aromatic N) is 2. The molecule has 1 saturated heterocycles. The third-order valence-electron chi connectivity index (χ3n) is 6.78. The second-order valence-corrected chi connectivity index (χ2v) is 10.8. The molecular formula is C25H28FN4O4PS. The molecule has 0 aromatic heterocycles. The van der Waals surface area contributed by atoms with Gasteiger partial charge in [-0.2, -0.15) is 0 Å². The van der Waals surface area contributed by atoms with Gasteiger partial charge in [0, 0.05) is 38.4 Å². The van der Waals surface area contributed by atoms with Crippen LogP contribution in [0.1, 0.15) is 22.7 Å². The normalized spacial score (nSPS) is 21.1. The maximum absolute atomic E-state index is 14.0. The number of rotatable bonds is 7. The summed E-state index contributed by atoms with van der Waals surface area (Å²) in [6, 6.07) is 9.57. The number of thioether (sulfide) groups is 1. The van der Waals surface area contributed by atoms with E-state index in [1.807, 2.05) is 6.07 Å². The molecule has 4 amide bonds. The summed E-state index contributed by atoms with van der Waals surface area (Å²) in [7, 11) is 5.58. The quantitative estimate of drug-likeness (QED) is 0.415. The molecule has 2 unspecified atom stereocenters. The summed E-state index contributed by atoms with van der Waals surface area (Å²) in [4.78, 5) is 52.7. The first kappa shape index (κ1) is 26.1. The van der Waals surface area contributed by atoms with Gasteiger partial charge in [-0.25, -0.2) is 4.39 Å². The lowest BCUT2D eigenvalue weighted by molar-refractivity contribution is -0.138. The van der Waals surface area contributed by atoms with Crippen LogP contribution in [-0.4, -0.2) is 71.6 Å². The van der Waals surface area contributed by atoms with E-state index >= 15 is 0 Å². The molecule has 0 bridgehead atoms. The number of amides is 4. The first-order valence-corrected chi connectivity index (χ1v) is 13.2. The fourth-order valence-corrected chi connectivity index (χ4v) is 6.31. The van der Waals surface area contributed by atoms with Gasteiger partial charge in [-0.1, -0.05) is 6.07 Å². The van der Waals surface area contributed by atoms with Gasteiger partial charge in [0.25, 0.3) is 0 Å². The Bertz CT molecular complexity index is 1210. The van der Waals surface area contributed by atoms with Gasteiger partial charge in [0.05, 0.1) is 11.8 Å². The summed E-state index contributed by atoms with van der Waals surface area (Å²) in [5, 5.41) is 6.16. The highest BCUT2D eigenvalue weighted by atomic mass is 32.2. The molecule has 0 radical (unpaired) electrons. The topological polar surface area (TPSA) is 98.8 Å². The van der Waals surface area contributed by atoms with E-state index in [2.05, 4.69) is 19.9 Å². The number of halogens is 1. The Morgan fingerprint density at radius 1 is 1.25 bits per heavy atom. The lowest BCUT2D eigenvalue weighted by atomic mass is 9.93. The largest absolute Gasteiger partial charge is 0.357 e. The Morgan fingerprint density at radius 2 is 2.00 bits per heavy atom. The monoisotopic (exact) mass is 530 g/mol. The standard InChI is InChI=1S/C25H28FN4O4PS/c1-27-24(34)25(29(2)14-31)9-15-3-4-19(6-17(15)10-25)28-22(32)11-30-21(12-36-13-23(30)33)16-5-18(26)8-20(35)7-16/h3-8,14,21H,9-13,35H2,1-2H3,(H,27,34)(H,28,32)/t21-,25?/m0/s1. The fourth-order valence-electron chi connectivity index (χ4n) is 4.90. The minimum atomic E-state index is -1.02. The molecule has 4 rings (SSSR count). The van der Waals surface area contributed by atoms with Crippen LogP contribution in [0.2, 0.25) is 0 Å². The molecule has 2 N–H and O–H groups in total. The van der Waals surface area contributed by atoms with E-state index in [4.69, 9.17) is 0 Å². The zero-order chi connectivity index (χ0) is 26.0. The number of likely N-dealkylation sites (N-methyl/N-ethyl adjacent to an activating group) is 2. The van der Waals surface area contributed by atoms with Crippen LogP contribution in [0, 0.1) is 5.82 Å². The number of benzene rings is 2. The van der Waals surface area contributed by atoms with E-state index in [1.165, 1.54) is 40.7 Å². The van der Waals surface area contributed by atoms with Crippen molar-refractivity contribution >= 4 is 56.1 Å². The first-order chi connectivity index (χ1) is 17.2. The maximum Gasteiger partial charge on any atom is 0.246 e. The molecule has 2 aromatic carbocycles. The molecule has 36 heavy (non-hydrogen) atoms. The molecule has 0 spiro atoms. The highest BCUT2D eigenvalue weighted by molar-refractivity contribution is 8.00. The number of hydrogen-bond donors (Lipinski definition) is 2. The number of hydrogen-bond acceptors (Lipinski definition) is 5. The zero-order valence-electron chi connectivity index (χ0n) is 20.0. The summed E-state index contributed by atoms with van der Waals surface area (Å²) < 4.78 is 14.0. The van der Waals surface area contributed by atoms with Crippen LogP contribution in [0.15, 0.2) is 36.4 Å². The van der Waals surface area contributed by atoms with Crippen molar-refractivity contribution in [1.29, 1.82) is 0 Å². The molecule has 2 aliphatic rings. The number of anilines is 1. The van der Waals surface area contributed by atoms with Crippen molar-refractivity contribution in [3.05, 3.63) is 58.9 Å². The molecular weight excluding hydrogens is 502 g/mol. The zero-order valence-corrected chi connectivity index (χ0v) is 22.0. The number of carbonyl (C=O) groups excluding carboxylic acids is 4. The van der Waals surface area contributed by atoms with Crippen LogP contribution in [0.3, 0.4) is 0 Å². The summed E-state index contributed by atoms with van der Waals surface area (Å²) in [6.45, 7) is -0.167. The fraction of sp³-hybridized carbons (Fsp3) is 0.360. The smallest absolute Gasteiger partial charge is 0.246 e. The van der Waals surface area contributed by atoms with Gasteiger partial charge in [-0.3, -0.25) is 19.2 Å². The van der Waals surface area contributed by atoms with E-state index in [9.17, 15) is 23.6 Å². The number of fused-ring (bicyclic) bond motifs is 1. The second-order valence-electron chi connectivity index (χ2n) is 9.08. The van der Waals surface area contributed by atoms with E-state index in [0.29, 0.717) is 41.6 Å². The first-order valence-electron chi connectivity index (χ1n) is 11.4. The summed E-state index contributed by atoms with van der Waals surface area (Å²) in [6.07, 6.45) is 1.34. The lowest BCUT2D eigenvalue weighted by Gasteiger charge is -2.35. The molecule has 11 heteroatoms. The average molecular weight is 531 g/mol. The Balaban J connectivity index is 1.50. The van der Waals surface area contributed by atoms with Gasteiger partial charge < -0.3 is 20.4 Å². The Morgan fingerprint density at radius 3 is 2.69 bits per heavy atom. The van der Waals surface area contributed by atoms with E-state index < -0.39 is 17.4 Å². The van der Waals surface area contributed by atoms with Crippen molar-refractivity contribution in [2.24, 2.45) is 0 Å². The summed E-state index contributed by atoms with van der Waals surface area (Å²) in [5.74, 6) is -0.367. The van der Waals surface area contributed by atoms with E-state index in [-0.39, 0.29) is 30.0 Å². The molecule has 190 valence electrons. The van der Waals surface area contributed by atoms with Crippen LogP contribution in [0.4, 0.5) is 10.1 Å². The Hall–Kier alpha value is -2.97. The molecule has 8 nitrogen and oxygen atoms in total. The van der Waals surface area contributed by atoms with Gasteiger partial charge >= 0.3 is 0 Å². The third kappa shape index (κ3) is 5.11. The predicted molar refractivity (Wildman–Crippen MR) is 141 cm³/mol. The average Bonchev–Trinajstić information content (AvgIpc) is 3.23. The van der Waals surface area contributed by atoms with Crippen LogP contribution < -0.4 is 15.9 Å². The summed E-state index contributed by atoms with van der Waals surface area (Å²) >= 11 is 1.46. The van der Waals surface area contributed by atoms with Gasteiger partial charge in [0.1, 0.15) is 17.9 Å². The van der Waals surface area contributed by atoms with Gasteiger partial charge in [-0.05, 0) is 52.3 Å². The van der Waals surface area contributed by atoms with Crippen molar-refractivity contribution in [1.82, 2.24) is 15.1 Å². The van der Waals surface area contributed by atoms with E-state index in [0.717, 1.165) is 11.1 Å². The van der Waals surface area contributed by atoms with Crippen LogP contribution in [0.5, 0.6) is 0 Å². The maximum atomic E-state index is 14.0. The van der Waals surface area contributed by atoms with Crippen LogP contribution in [0.25, 0.3) is 0 Å². The molecule has 2 aromatic rings. The minimum absolute atomic E-state index is 0.167. The Kier molecular flexibility index (Phi) is 7.66. The van der Waals surface area contributed by atoms with Gasteiger partial charge in [0.2, 0.25) is 24.1 Å². The second kappa shape index (κ2) is 10.6. The molecule has 1 aliphatic carbocycles. The lowest BCUT2D eigenvalue weighted by Crippen LogP contribution is -2.57. The molecule has 1 aliphatic heterocycles. The van der Waals surface area contributed by atoms with Crippen LogP contribution >= 0.6 is 21.0 Å². The molecule has 0 saturated carbocycles. The highest BCUT2D eigenvalue weighted by Crippen LogP contribution is 2.36. The summed E-state index contributed by atoms with van der Waals surface area (Å²) in [5.41, 5.74) is 1.95. The van der Waals surface area contributed by atoms with Crippen LogP contribution in [-0.2, 0) is 32.0 Å². The van der Waals surface area contributed by atoms with Crippen molar-refractivity contribution in [3.63, 3.8) is 0 Å². The van der Waals surface area contributed by atoms with Crippen molar-refractivity contribution < 1.29 is 23.6 Å². The van der Waals surface area contributed by atoms with Crippen molar-refractivity contribution in [3.8, 4) is 0 Å². The number of nitrogens with one attached hydrogen (secondary N) is 2. The predicted octanol–water partition coefficient (Wildman–Crippen LogP) is 1.25. The Labute approximate surface area is 215 Å². The van der Waals surface area contributed by atoms with Crippen molar-refractivity contribution in [2.45, 2.75) is 24.4 Å². The van der Waals surface area contributed by atoms with Gasteiger partial charge in [-0.15, -0.1) is 21.0 Å². The minimum Gasteiger partial charge on any atom is -0.357 e. The van der Waals surface area contributed by atoms with Gasteiger partial charge in [0.15, 0.2) is 0 Å². The molecule has 1 heterocycles. The van der Waals surface area contributed by atoms with Crippen molar-refractivity contribution in [2.75, 3.05) is 37.5 Å². The van der Waals surface area contributed by atoms with E-state index in [1.54, 1.807) is 25.2 Å². The molecule has 1 fully saturated rings.